The Hall–Kier alpha value is -3.13. The molecule has 392 valence electrons. The Morgan fingerprint density at radius 1 is 0.397 bits per heavy atom. The third-order valence-corrected chi connectivity index (χ3v) is 12.1. The van der Waals surface area contributed by atoms with E-state index in [9.17, 15) is 44.4 Å². The van der Waals surface area contributed by atoms with Crippen molar-refractivity contribution in [2.24, 2.45) is 0 Å². The monoisotopic (exact) mass is 980 g/mol. The van der Waals surface area contributed by atoms with Crippen molar-refractivity contribution in [1.82, 2.24) is 0 Å². The van der Waals surface area contributed by atoms with E-state index in [2.05, 4.69) is 6.92 Å². The summed E-state index contributed by atoms with van der Waals surface area (Å²) < 4.78 is 77.3. The Morgan fingerprint density at radius 2 is 0.779 bits per heavy atom. The van der Waals surface area contributed by atoms with Crippen LogP contribution in [0.25, 0.3) is 0 Å². The second kappa shape index (κ2) is 27.5. The van der Waals surface area contributed by atoms with Crippen LogP contribution < -0.4 is 0 Å². The number of carbonyl (C=O) groups excluding carboxylic acids is 5. The molecule has 4 aliphatic heterocycles. The van der Waals surface area contributed by atoms with Crippen LogP contribution in [-0.2, 0) is 85.6 Å². The number of rotatable bonds is 23. The fraction of sp³-hybridized carbons (Fsp3) is 0.891. The van der Waals surface area contributed by atoms with Gasteiger partial charge in [-0.3, -0.25) is 24.0 Å². The quantitative estimate of drug-likeness (QED) is 0.0648. The van der Waals surface area contributed by atoms with Gasteiger partial charge in [0.25, 0.3) is 0 Å². The molecule has 0 aliphatic carbocycles. The van der Waals surface area contributed by atoms with Crippen molar-refractivity contribution in [3.63, 3.8) is 0 Å². The minimum Gasteiger partial charge on any atom is -0.457 e. The average molecular weight is 981 g/mol. The molecule has 22 nitrogen and oxygen atoms in total. The van der Waals surface area contributed by atoms with Crippen molar-refractivity contribution in [2.75, 3.05) is 6.61 Å². The SMILES string of the molecule is CCCCCCCCO[C@@H]1O[C@H](C)[C@@H](OC(=O)CCCCC)[C@H](O[C@H]2O[C@@H](C)[C@H](OC(C)=O)[C@@H](O[C@H]3O[C@@H](C)[C@H](OC(C)=O)[C@@H](O[C@H]4O[C@@H](C)[C@H](O)[C@@H](OC(C)=O)[C@@H]4O)[C@@H]3O)[C@@H]2OC(C)=O)[C@H]1O. The smallest absolute Gasteiger partial charge is 0.306 e. The van der Waals surface area contributed by atoms with Gasteiger partial charge < -0.3 is 82.0 Å². The van der Waals surface area contributed by atoms with E-state index in [1.807, 2.05) is 6.92 Å². The molecule has 4 fully saturated rings. The summed E-state index contributed by atoms with van der Waals surface area (Å²) in [6.45, 7) is 14.8. The van der Waals surface area contributed by atoms with E-state index < -0.39 is 153 Å². The second-order valence-corrected chi connectivity index (χ2v) is 17.9. The molecule has 0 bridgehead atoms. The van der Waals surface area contributed by atoms with Crippen molar-refractivity contribution in [1.29, 1.82) is 0 Å². The average Bonchev–Trinajstić information content (AvgIpc) is 3.25. The van der Waals surface area contributed by atoms with Crippen LogP contribution in [0, 0.1) is 0 Å². The fourth-order valence-electron chi connectivity index (χ4n) is 8.68. The van der Waals surface area contributed by atoms with Crippen molar-refractivity contribution in [2.45, 2.75) is 256 Å². The molecule has 0 amide bonds. The van der Waals surface area contributed by atoms with Crippen LogP contribution in [0.1, 0.15) is 133 Å². The highest BCUT2D eigenvalue weighted by atomic mass is 16.8. The number of ether oxygens (including phenoxy) is 13. The Labute approximate surface area is 398 Å². The van der Waals surface area contributed by atoms with Crippen molar-refractivity contribution in [3.8, 4) is 0 Å². The van der Waals surface area contributed by atoms with E-state index >= 15 is 0 Å². The molecule has 0 aromatic heterocycles. The van der Waals surface area contributed by atoms with Gasteiger partial charge in [-0.15, -0.1) is 0 Å². The molecular formula is C46H76O22. The summed E-state index contributed by atoms with van der Waals surface area (Å²) in [5.74, 6) is -3.87. The molecule has 0 spiro atoms. The van der Waals surface area contributed by atoms with Crippen LogP contribution in [0.4, 0.5) is 0 Å². The lowest BCUT2D eigenvalue weighted by atomic mass is 9.95. The van der Waals surface area contributed by atoms with Gasteiger partial charge >= 0.3 is 29.8 Å². The maximum atomic E-state index is 13.2. The zero-order valence-corrected chi connectivity index (χ0v) is 41.0. The lowest BCUT2D eigenvalue weighted by molar-refractivity contribution is -0.385. The Bertz CT molecular complexity index is 1600. The summed E-state index contributed by atoms with van der Waals surface area (Å²) in [4.78, 5) is 63.1. The Balaban J connectivity index is 1.69. The first-order chi connectivity index (χ1) is 32.2. The maximum Gasteiger partial charge on any atom is 0.306 e. The normalized spacial score (nSPS) is 38.5. The topological polar surface area (TPSA) is 286 Å². The van der Waals surface area contributed by atoms with E-state index in [1.165, 1.54) is 20.8 Å². The molecule has 0 aromatic rings. The molecule has 4 heterocycles. The van der Waals surface area contributed by atoms with E-state index in [4.69, 9.17) is 61.6 Å². The van der Waals surface area contributed by atoms with Crippen molar-refractivity contribution in [3.05, 3.63) is 0 Å². The highest BCUT2D eigenvalue weighted by Crippen LogP contribution is 2.38. The summed E-state index contributed by atoms with van der Waals surface area (Å²) in [7, 11) is 0. The largest absolute Gasteiger partial charge is 0.457 e. The summed E-state index contributed by atoms with van der Waals surface area (Å²) >= 11 is 0. The molecule has 4 N–H and O–H groups in total. The third-order valence-electron chi connectivity index (χ3n) is 12.1. The molecule has 68 heavy (non-hydrogen) atoms. The van der Waals surface area contributed by atoms with E-state index in [0.29, 0.717) is 12.8 Å². The van der Waals surface area contributed by atoms with Gasteiger partial charge in [0.05, 0.1) is 24.4 Å². The van der Waals surface area contributed by atoms with Crippen molar-refractivity contribution < 1.29 is 106 Å². The first-order valence-corrected chi connectivity index (χ1v) is 24.0. The second-order valence-electron chi connectivity index (χ2n) is 17.9. The number of aliphatic hydroxyl groups excluding tert-OH is 4. The lowest BCUT2D eigenvalue weighted by Crippen LogP contribution is -2.68. The van der Waals surface area contributed by atoms with Crippen LogP contribution in [0.3, 0.4) is 0 Å². The maximum absolute atomic E-state index is 13.2. The summed E-state index contributed by atoms with van der Waals surface area (Å²) in [5, 5.41) is 45.8. The van der Waals surface area contributed by atoms with Crippen LogP contribution in [0.2, 0.25) is 0 Å². The van der Waals surface area contributed by atoms with Gasteiger partial charge in [-0.25, -0.2) is 0 Å². The predicted molar refractivity (Wildman–Crippen MR) is 232 cm³/mol. The third kappa shape index (κ3) is 15.9. The minimum absolute atomic E-state index is 0.0790. The van der Waals surface area contributed by atoms with Crippen molar-refractivity contribution >= 4 is 29.8 Å². The van der Waals surface area contributed by atoms with Crippen LogP contribution >= 0.6 is 0 Å². The first kappa shape index (κ1) is 57.4. The number of aliphatic hydroxyl groups is 4. The van der Waals surface area contributed by atoms with E-state index in [-0.39, 0.29) is 13.0 Å². The lowest BCUT2D eigenvalue weighted by Gasteiger charge is -2.50. The number of esters is 5. The van der Waals surface area contributed by atoms with Gasteiger partial charge in [-0.1, -0.05) is 58.8 Å². The standard InChI is InChI=1S/C46H76O22/c1-11-13-15-16-17-19-21-56-43-33(54)39(36(24(5)58-43)65-30(51)20-18-14-12-2)67-46-42(64-29(10)50)41(37(25(6)60-46)62-27(8)48)68-45-34(55)40(35(23(4)59-45)61-26(7)47)66-44-32(53)38(63-28(9)49)31(52)22(3)57-44/h22-25,31-46,52-55H,11-21H2,1-10H3/t22-,23-,24+,25-,31-,32-,33+,34-,35-,36+,37-,38+,39+,40-,41+,42-,43+,44+,45+,46+/m0/s1. The zero-order chi connectivity index (χ0) is 50.4. The van der Waals surface area contributed by atoms with Crippen LogP contribution in [-0.4, -0.2) is 180 Å². The molecular weight excluding hydrogens is 904 g/mol. The molecule has 4 saturated heterocycles. The molecule has 0 radical (unpaired) electrons. The van der Waals surface area contributed by atoms with Gasteiger partial charge in [0, 0.05) is 40.7 Å². The Kier molecular flexibility index (Phi) is 23.2. The number of hydrogen-bond acceptors (Lipinski definition) is 22. The molecule has 0 saturated carbocycles. The minimum atomic E-state index is -1.94. The first-order valence-electron chi connectivity index (χ1n) is 24.0. The molecule has 4 aliphatic rings. The molecule has 22 heteroatoms. The highest BCUT2D eigenvalue weighted by molar-refractivity contribution is 5.69. The number of hydrogen-bond donors (Lipinski definition) is 4. The van der Waals surface area contributed by atoms with Gasteiger partial charge in [0.2, 0.25) is 0 Å². The fourth-order valence-corrected chi connectivity index (χ4v) is 8.68. The van der Waals surface area contributed by atoms with E-state index in [0.717, 1.165) is 72.6 Å². The summed E-state index contributed by atoms with van der Waals surface area (Å²) in [6, 6.07) is 0. The number of carbonyl (C=O) groups is 5. The van der Waals surface area contributed by atoms with Crippen LogP contribution in [0.5, 0.6) is 0 Å². The van der Waals surface area contributed by atoms with Crippen LogP contribution in [0.15, 0.2) is 0 Å². The molecule has 20 atom stereocenters. The zero-order valence-electron chi connectivity index (χ0n) is 41.0. The molecule has 0 unspecified atom stereocenters. The molecule has 4 rings (SSSR count). The summed E-state index contributed by atoms with van der Waals surface area (Å²) in [6.07, 6.45) is -21.1. The van der Waals surface area contributed by atoms with Gasteiger partial charge in [0.15, 0.2) is 55.7 Å². The van der Waals surface area contributed by atoms with Gasteiger partial charge in [-0.2, -0.15) is 0 Å². The van der Waals surface area contributed by atoms with E-state index in [1.54, 1.807) is 6.92 Å². The Morgan fingerprint density at radius 3 is 1.34 bits per heavy atom. The number of unbranched alkanes of at least 4 members (excludes halogenated alkanes) is 7. The molecule has 0 aromatic carbocycles. The van der Waals surface area contributed by atoms with Gasteiger partial charge in [-0.05, 0) is 40.5 Å². The predicted octanol–water partition coefficient (Wildman–Crippen LogP) is 2.16. The highest BCUT2D eigenvalue weighted by Gasteiger charge is 2.58. The van der Waals surface area contributed by atoms with Gasteiger partial charge in [0.1, 0.15) is 42.7 Å². The summed E-state index contributed by atoms with van der Waals surface area (Å²) in [5.41, 5.74) is 0.